The molecule has 1 aromatic carbocycles. The number of ether oxygens (including phenoxy) is 2. The molecule has 0 bridgehead atoms. The van der Waals surface area contributed by atoms with Gasteiger partial charge in [0.2, 0.25) is 0 Å². The Balaban J connectivity index is 1.52. The van der Waals surface area contributed by atoms with E-state index >= 15 is 0 Å². The molecule has 124 valence electrons. The molecule has 3 aromatic rings. The molecule has 0 aliphatic rings. The highest BCUT2D eigenvalue weighted by atomic mass is 32.1. The highest BCUT2D eigenvalue weighted by molar-refractivity contribution is 7.15. The zero-order valence-corrected chi connectivity index (χ0v) is 13.9. The largest absolute Gasteiger partial charge is 0.493 e. The van der Waals surface area contributed by atoms with Crippen LogP contribution in [0, 0.1) is 6.92 Å². The van der Waals surface area contributed by atoms with Gasteiger partial charge in [0.25, 0.3) is 5.56 Å². The molecule has 0 radical (unpaired) electrons. The Morgan fingerprint density at radius 1 is 1.29 bits per heavy atom. The quantitative estimate of drug-likeness (QED) is 0.643. The summed E-state index contributed by atoms with van der Waals surface area (Å²) in [6, 6.07) is 10.6. The molecule has 0 spiro atoms. The van der Waals surface area contributed by atoms with Crippen LogP contribution in [0.5, 0.6) is 5.75 Å². The Hall–Kier alpha value is -2.67. The number of hydrogen-bond acceptors (Lipinski definition) is 6. The number of carbonyl (C=O) groups is 1. The number of nitrogens with zero attached hydrogens (tertiary/aromatic N) is 2. The average Bonchev–Trinajstić information content (AvgIpc) is 2.95. The fourth-order valence-corrected chi connectivity index (χ4v) is 3.06. The number of para-hydroxylation sites is 1. The summed E-state index contributed by atoms with van der Waals surface area (Å²) >= 11 is 1.38. The first-order valence-corrected chi connectivity index (χ1v) is 8.32. The summed E-state index contributed by atoms with van der Waals surface area (Å²) in [6.07, 6.45) is 0.133. The molecule has 7 heteroatoms. The summed E-state index contributed by atoms with van der Waals surface area (Å²) in [7, 11) is 0. The number of thiazole rings is 1. The maximum absolute atomic E-state index is 12.0. The van der Waals surface area contributed by atoms with Crippen LogP contribution < -0.4 is 10.3 Å². The van der Waals surface area contributed by atoms with Gasteiger partial charge in [-0.25, -0.2) is 4.98 Å². The maximum atomic E-state index is 12.0. The first kappa shape index (κ1) is 16.2. The van der Waals surface area contributed by atoms with E-state index in [-0.39, 0.29) is 25.2 Å². The SMILES string of the molecule is Cc1csc2nc(COC(=O)CCOc3ccccc3)cc(=O)n12. The minimum atomic E-state index is -0.393. The molecule has 0 fully saturated rings. The lowest BCUT2D eigenvalue weighted by Gasteiger charge is -2.07. The molecule has 0 aliphatic heterocycles. The van der Waals surface area contributed by atoms with Gasteiger partial charge < -0.3 is 9.47 Å². The fraction of sp³-hybridized carbons (Fsp3) is 0.235. The fourth-order valence-electron chi connectivity index (χ4n) is 2.17. The highest BCUT2D eigenvalue weighted by Gasteiger charge is 2.09. The van der Waals surface area contributed by atoms with E-state index in [4.69, 9.17) is 9.47 Å². The summed E-state index contributed by atoms with van der Waals surface area (Å²) in [5.74, 6) is 0.314. The van der Waals surface area contributed by atoms with E-state index in [1.54, 1.807) is 0 Å². The van der Waals surface area contributed by atoms with E-state index in [0.29, 0.717) is 16.4 Å². The van der Waals surface area contributed by atoms with E-state index in [0.717, 1.165) is 5.69 Å². The summed E-state index contributed by atoms with van der Waals surface area (Å²) in [4.78, 5) is 28.7. The van der Waals surface area contributed by atoms with Gasteiger partial charge in [-0.1, -0.05) is 18.2 Å². The molecular formula is C17H16N2O4S. The van der Waals surface area contributed by atoms with E-state index in [9.17, 15) is 9.59 Å². The summed E-state index contributed by atoms with van der Waals surface area (Å²) < 4.78 is 12.1. The van der Waals surface area contributed by atoms with Gasteiger partial charge in [0, 0.05) is 17.1 Å². The van der Waals surface area contributed by atoms with Crippen molar-refractivity contribution in [2.75, 3.05) is 6.61 Å². The zero-order valence-electron chi connectivity index (χ0n) is 13.1. The van der Waals surface area contributed by atoms with E-state index < -0.39 is 5.97 Å². The molecule has 2 aromatic heterocycles. The third-order valence-corrected chi connectivity index (χ3v) is 4.27. The van der Waals surface area contributed by atoms with Crippen LogP contribution in [0.3, 0.4) is 0 Å². The van der Waals surface area contributed by atoms with Crippen molar-refractivity contribution in [1.82, 2.24) is 9.38 Å². The van der Waals surface area contributed by atoms with Gasteiger partial charge in [-0.2, -0.15) is 0 Å². The molecule has 0 aliphatic carbocycles. The summed E-state index contributed by atoms with van der Waals surface area (Å²) in [6.45, 7) is 2.06. The second kappa shape index (κ2) is 7.27. The molecule has 6 nitrogen and oxygen atoms in total. The Morgan fingerprint density at radius 2 is 2.08 bits per heavy atom. The minimum absolute atomic E-state index is 0.0210. The summed E-state index contributed by atoms with van der Waals surface area (Å²) in [5, 5.41) is 1.86. The smallest absolute Gasteiger partial charge is 0.309 e. The van der Waals surface area contributed by atoms with E-state index in [1.165, 1.54) is 21.8 Å². The van der Waals surface area contributed by atoms with Crippen molar-refractivity contribution in [2.24, 2.45) is 0 Å². The number of aryl methyl sites for hydroxylation is 1. The van der Waals surface area contributed by atoms with Gasteiger partial charge in [0.05, 0.1) is 18.7 Å². The van der Waals surface area contributed by atoms with Crippen molar-refractivity contribution in [2.45, 2.75) is 20.0 Å². The predicted molar refractivity (Wildman–Crippen MR) is 90.4 cm³/mol. The van der Waals surface area contributed by atoms with Crippen LogP contribution >= 0.6 is 11.3 Å². The minimum Gasteiger partial charge on any atom is -0.493 e. The number of esters is 1. The number of aromatic nitrogens is 2. The first-order chi connectivity index (χ1) is 11.6. The van der Waals surface area contributed by atoms with Crippen molar-refractivity contribution in [3.8, 4) is 5.75 Å². The second-order valence-corrected chi connectivity index (χ2v) is 5.99. The van der Waals surface area contributed by atoms with Gasteiger partial charge >= 0.3 is 5.97 Å². The van der Waals surface area contributed by atoms with Gasteiger partial charge in [-0.05, 0) is 19.1 Å². The van der Waals surface area contributed by atoms with Crippen molar-refractivity contribution in [3.05, 3.63) is 63.5 Å². The first-order valence-electron chi connectivity index (χ1n) is 7.44. The Kier molecular flexibility index (Phi) is 4.90. The van der Waals surface area contributed by atoms with Crippen LogP contribution in [-0.4, -0.2) is 22.0 Å². The van der Waals surface area contributed by atoms with Crippen LogP contribution in [0.15, 0.2) is 46.6 Å². The molecule has 0 atom stereocenters. The normalized spacial score (nSPS) is 10.7. The van der Waals surface area contributed by atoms with Crippen LogP contribution in [0.4, 0.5) is 0 Å². The Labute approximate surface area is 142 Å². The van der Waals surface area contributed by atoms with Gasteiger partial charge in [-0.15, -0.1) is 11.3 Å². The van der Waals surface area contributed by atoms with Crippen LogP contribution in [0.1, 0.15) is 17.8 Å². The van der Waals surface area contributed by atoms with Crippen molar-refractivity contribution < 1.29 is 14.3 Å². The van der Waals surface area contributed by atoms with Crippen LogP contribution in [0.25, 0.3) is 4.96 Å². The Morgan fingerprint density at radius 3 is 2.88 bits per heavy atom. The third kappa shape index (κ3) is 3.80. The van der Waals surface area contributed by atoms with Crippen molar-refractivity contribution in [1.29, 1.82) is 0 Å². The standard InChI is InChI=1S/C17H16N2O4S/c1-12-11-24-17-18-13(9-15(20)19(12)17)10-23-16(21)7-8-22-14-5-3-2-4-6-14/h2-6,9,11H,7-8,10H2,1H3. The lowest BCUT2D eigenvalue weighted by atomic mass is 10.3. The topological polar surface area (TPSA) is 69.9 Å². The van der Waals surface area contributed by atoms with Gasteiger partial charge in [0.15, 0.2) is 4.96 Å². The monoisotopic (exact) mass is 344 g/mol. The zero-order chi connectivity index (χ0) is 16.9. The molecule has 0 amide bonds. The Bertz CT molecular complexity index is 902. The van der Waals surface area contributed by atoms with Gasteiger partial charge in [0.1, 0.15) is 12.4 Å². The predicted octanol–water partition coefficient (Wildman–Crippen LogP) is 2.58. The lowest BCUT2D eigenvalue weighted by Crippen LogP contribution is -2.16. The van der Waals surface area contributed by atoms with Gasteiger partial charge in [-0.3, -0.25) is 14.0 Å². The molecule has 2 heterocycles. The number of carbonyl (C=O) groups excluding carboxylic acids is 1. The number of hydrogen-bond donors (Lipinski definition) is 0. The third-order valence-electron chi connectivity index (χ3n) is 3.33. The number of rotatable bonds is 6. The highest BCUT2D eigenvalue weighted by Crippen LogP contribution is 2.12. The van der Waals surface area contributed by atoms with E-state index in [2.05, 4.69) is 4.98 Å². The molecule has 3 rings (SSSR count). The molecule has 24 heavy (non-hydrogen) atoms. The summed E-state index contributed by atoms with van der Waals surface area (Å²) in [5.41, 5.74) is 1.12. The molecule has 0 saturated heterocycles. The number of benzene rings is 1. The molecular weight excluding hydrogens is 328 g/mol. The molecule has 0 saturated carbocycles. The van der Waals surface area contributed by atoms with Crippen LogP contribution in [0.2, 0.25) is 0 Å². The lowest BCUT2D eigenvalue weighted by molar-refractivity contribution is -0.145. The van der Waals surface area contributed by atoms with Crippen LogP contribution in [-0.2, 0) is 16.1 Å². The van der Waals surface area contributed by atoms with Crippen molar-refractivity contribution in [3.63, 3.8) is 0 Å². The number of fused-ring (bicyclic) bond motifs is 1. The van der Waals surface area contributed by atoms with E-state index in [1.807, 2.05) is 42.6 Å². The van der Waals surface area contributed by atoms with Crippen molar-refractivity contribution >= 4 is 22.3 Å². The molecule has 0 N–H and O–H groups in total. The average molecular weight is 344 g/mol. The molecule has 0 unspecified atom stereocenters. The maximum Gasteiger partial charge on any atom is 0.309 e. The second-order valence-electron chi connectivity index (χ2n) is 5.15.